The van der Waals surface area contributed by atoms with E-state index < -0.39 is 108 Å². The SMILES string of the molecule is COc1ccc(COC(=O)CCC(NC(=O)NC(CCCCNC(=O)CCCCCCC(=O)ON2C(=O)CCC2=O)C(C)=O)C(=O)OCc2ccc(OC)cc2)cc1.O=C(O)CCC(NC(=O)NC(CCCCNC(=O)CCCCCCC(=O)ON1C(=O)CCC1=O)C(=O)O)C(=O)O. The second-order valence-electron chi connectivity index (χ2n) is 22.8. The predicted molar refractivity (Wildman–Crippen MR) is 340 cm³/mol. The standard InChI is InChI=1S/C41H54N4O13.C24H36N4O12/c1-28(46)33(10-8-9-25-42-35(47)11-6-4-5-7-12-39(51)58-45-36(48)22-23-37(45)49)43-41(53)44-34(40(52)57-27-30-15-19-32(55-3)20-16-30)21-24-38(50)56-26-29-13-17-31(54-2)18-14-29;29-17(8-3-1-2-4-9-21(34)40-28-18(30)11-12-19(28)31)25-14-6-5-7-15(22(35)36)26-24(39)27-16(23(37)38)10-13-20(32)33/h13-20,33-34H,4-12,21-27H2,1-3H3,(H,42,47)(H2,43,44,53);15-16H,1-14H2,(H,25,29)(H,32,33)(H,35,36)(H,37,38)(H2,26,27,39). The number of urea groups is 2. The van der Waals surface area contributed by atoms with Gasteiger partial charge in [-0.05, 0) is 119 Å². The zero-order chi connectivity index (χ0) is 72.4. The number of rotatable bonds is 46. The van der Waals surface area contributed by atoms with Crippen LogP contribution in [-0.2, 0) is 99.5 Å². The van der Waals surface area contributed by atoms with Crippen LogP contribution in [0.25, 0.3) is 0 Å². The minimum atomic E-state index is -1.49. The van der Waals surface area contributed by atoms with E-state index in [0.29, 0.717) is 117 Å². The number of amides is 10. The first-order valence-electron chi connectivity index (χ1n) is 32.3. The Morgan fingerprint density at radius 1 is 0.418 bits per heavy atom. The highest BCUT2D eigenvalue weighted by Gasteiger charge is 2.34. The summed E-state index contributed by atoms with van der Waals surface area (Å²) in [6, 6.07) is 7.12. The summed E-state index contributed by atoms with van der Waals surface area (Å²) in [6.07, 6.45) is 6.57. The molecule has 0 spiro atoms. The number of carboxylic acids is 3. The van der Waals surface area contributed by atoms with Gasteiger partial charge in [-0.25, -0.2) is 33.6 Å². The first kappa shape index (κ1) is 82.0. The Morgan fingerprint density at radius 2 is 0.786 bits per heavy atom. The van der Waals surface area contributed by atoms with Crippen LogP contribution in [0.3, 0.4) is 0 Å². The fourth-order valence-electron chi connectivity index (χ4n) is 9.33. The first-order chi connectivity index (χ1) is 46.8. The number of hydrogen-bond acceptors (Lipinski definition) is 22. The van der Waals surface area contributed by atoms with Gasteiger partial charge in [-0.1, -0.05) is 49.9 Å². The number of nitrogens with zero attached hydrogens (tertiary/aromatic N) is 2. The fourth-order valence-corrected chi connectivity index (χ4v) is 9.33. The van der Waals surface area contributed by atoms with Crippen LogP contribution in [0.15, 0.2) is 48.5 Å². The topological polar surface area (TPSA) is 468 Å². The molecule has 0 aliphatic carbocycles. The maximum Gasteiger partial charge on any atom is 0.333 e. The minimum absolute atomic E-state index is 0.00530. The van der Waals surface area contributed by atoms with E-state index in [0.717, 1.165) is 5.56 Å². The largest absolute Gasteiger partial charge is 0.497 e. The number of nitrogens with one attached hydrogen (secondary N) is 6. The molecule has 33 heteroatoms. The Labute approximate surface area is 565 Å². The number of carbonyl (C=O) groups is 16. The number of Topliss-reactive ketones (excluding diaryl/α,β-unsaturated/α-hetero) is 1. The van der Waals surface area contributed by atoms with E-state index >= 15 is 0 Å². The summed E-state index contributed by atoms with van der Waals surface area (Å²) in [5.74, 6) is -8.16. The molecule has 2 aromatic rings. The quantitative estimate of drug-likeness (QED) is 0.0251. The normalized spacial score (nSPS) is 13.6. The molecule has 4 unspecified atom stereocenters. The molecule has 10 amide bonds. The number of carboxylic acid groups (broad SMARTS) is 3. The molecule has 9 N–H and O–H groups in total. The zero-order valence-corrected chi connectivity index (χ0v) is 55.4. The first-order valence-corrected chi connectivity index (χ1v) is 32.3. The third kappa shape index (κ3) is 34.4. The van der Waals surface area contributed by atoms with Crippen molar-refractivity contribution >= 4 is 95.1 Å². The number of aliphatic carboxylic acids is 3. The molecule has 33 nitrogen and oxygen atoms in total. The van der Waals surface area contributed by atoms with Crippen LogP contribution in [0.1, 0.15) is 185 Å². The van der Waals surface area contributed by atoms with E-state index in [4.69, 9.17) is 38.8 Å². The molecule has 2 aliphatic rings. The Balaban J connectivity index is 0.000000547. The lowest BCUT2D eigenvalue weighted by molar-refractivity contribution is -0.197. The van der Waals surface area contributed by atoms with Crippen molar-refractivity contribution in [3.8, 4) is 11.5 Å². The monoisotopic (exact) mass is 1380 g/mol. The number of hydroxylamine groups is 4. The number of ketones is 1. The highest BCUT2D eigenvalue weighted by atomic mass is 16.7. The summed E-state index contributed by atoms with van der Waals surface area (Å²) in [4.78, 5) is 200. The number of methoxy groups -OCH3 is 2. The van der Waals surface area contributed by atoms with E-state index in [1.165, 1.54) is 14.0 Å². The van der Waals surface area contributed by atoms with Crippen molar-refractivity contribution in [2.45, 2.75) is 211 Å². The molecule has 4 rings (SSSR count). The summed E-state index contributed by atoms with van der Waals surface area (Å²) in [5.41, 5.74) is 1.41. The van der Waals surface area contributed by atoms with Crippen LogP contribution in [-0.4, -0.2) is 172 Å². The average Bonchev–Trinajstić information content (AvgIpc) is 1.37. The van der Waals surface area contributed by atoms with Gasteiger partial charge in [0.2, 0.25) is 11.8 Å². The van der Waals surface area contributed by atoms with Crippen molar-refractivity contribution < 1.29 is 121 Å². The molecule has 0 bridgehead atoms. The Bertz CT molecular complexity index is 3000. The molecular formula is C65H90N8O25. The van der Waals surface area contributed by atoms with Crippen LogP contribution >= 0.6 is 0 Å². The van der Waals surface area contributed by atoms with Crippen molar-refractivity contribution in [2.24, 2.45) is 0 Å². The zero-order valence-electron chi connectivity index (χ0n) is 55.4. The average molecular weight is 1380 g/mol. The van der Waals surface area contributed by atoms with Crippen LogP contribution < -0.4 is 41.4 Å². The van der Waals surface area contributed by atoms with Gasteiger partial charge in [0.1, 0.15) is 42.8 Å². The number of hydrogen-bond donors (Lipinski definition) is 9. The van der Waals surface area contributed by atoms with Crippen molar-refractivity contribution in [1.29, 1.82) is 0 Å². The summed E-state index contributed by atoms with van der Waals surface area (Å²) in [6.45, 7) is 1.90. The highest BCUT2D eigenvalue weighted by molar-refractivity contribution is 6.02. The maximum absolute atomic E-state index is 13.2. The lowest BCUT2D eigenvalue weighted by Crippen LogP contribution is -2.51. The van der Waals surface area contributed by atoms with Gasteiger partial charge in [0.25, 0.3) is 23.6 Å². The third-order valence-electron chi connectivity index (χ3n) is 14.9. The van der Waals surface area contributed by atoms with Gasteiger partial charge in [0.05, 0.1) is 20.3 Å². The summed E-state index contributed by atoms with van der Waals surface area (Å²) in [5, 5.41) is 42.9. The van der Waals surface area contributed by atoms with E-state index in [-0.39, 0.29) is 114 Å². The number of imide groups is 2. The molecule has 540 valence electrons. The molecule has 0 saturated carbocycles. The van der Waals surface area contributed by atoms with Gasteiger partial charge >= 0.3 is 53.8 Å². The number of esters is 2. The van der Waals surface area contributed by atoms with Gasteiger partial charge in [0.15, 0.2) is 5.78 Å². The van der Waals surface area contributed by atoms with Gasteiger partial charge < -0.3 is 75.8 Å². The number of ether oxygens (including phenoxy) is 4. The van der Waals surface area contributed by atoms with Crippen LogP contribution in [0.5, 0.6) is 11.5 Å². The molecule has 0 radical (unpaired) electrons. The van der Waals surface area contributed by atoms with E-state index in [1.54, 1.807) is 55.6 Å². The van der Waals surface area contributed by atoms with Crippen molar-refractivity contribution in [3.05, 3.63) is 59.7 Å². The molecule has 4 atom stereocenters. The smallest absolute Gasteiger partial charge is 0.333 e. The van der Waals surface area contributed by atoms with Crippen LogP contribution in [0, 0.1) is 0 Å². The fraction of sp³-hybridized carbons (Fsp3) is 0.569. The number of benzene rings is 2. The van der Waals surface area contributed by atoms with Gasteiger partial charge in [-0.15, -0.1) is 10.1 Å². The lowest BCUT2D eigenvalue weighted by Gasteiger charge is -2.21. The Kier molecular flexibility index (Phi) is 38.5. The molecule has 2 saturated heterocycles. The van der Waals surface area contributed by atoms with Crippen molar-refractivity contribution in [3.63, 3.8) is 0 Å². The molecular weight excluding hydrogens is 1290 g/mol. The van der Waals surface area contributed by atoms with E-state index in [1.807, 2.05) is 5.32 Å². The number of unbranched alkanes of at least 4 members (excludes halogenated alkanes) is 8. The summed E-state index contributed by atoms with van der Waals surface area (Å²) < 4.78 is 21.1. The second kappa shape index (κ2) is 46.0. The summed E-state index contributed by atoms with van der Waals surface area (Å²) >= 11 is 0. The van der Waals surface area contributed by atoms with Crippen LogP contribution in [0.4, 0.5) is 9.59 Å². The Hall–Kier alpha value is -10.2. The van der Waals surface area contributed by atoms with Crippen molar-refractivity contribution in [2.75, 3.05) is 27.3 Å². The van der Waals surface area contributed by atoms with Crippen LogP contribution in [0.2, 0.25) is 0 Å². The Morgan fingerprint density at radius 3 is 1.18 bits per heavy atom. The molecule has 98 heavy (non-hydrogen) atoms. The lowest BCUT2D eigenvalue weighted by atomic mass is 10.1. The molecule has 2 heterocycles. The van der Waals surface area contributed by atoms with Gasteiger partial charge in [-0.2, -0.15) is 0 Å². The maximum atomic E-state index is 13.2. The molecule has 2 aromatic carbocycles. The second-order valence-corrected chi connectivity index (χ2v) is 22.8. The van der Waals surface area contributed by atoms with Gasteiger partial charge in [-0.3, -0.25) is 43.2 Å². The minimum Gasteiger partial charge on any atom is -0.497 e. The predicted octanol–water partition coefficient (Wildman–Crippen LogP) is 4.42. The molecule has 0 aromatic heterocycles. The van der Waals surface area contributed by atoms with E-state index in [9.17, 15) is 81.8 Å². The molecule has 2 fully saturated rings. The van der Waals surface area contributed by atoms with E-state index in [2.05, 4.69) is 26.6 Å². The van der Waals surface area contributed by atoms with Crippen molar-refractivity contribution in [1.82, 2.24) is 42.0 Å². The number of carbonyl (C=O) groups excluding carboxylic acids is 13. The van der Waals surface area contributed by atoms with Gasteiger partial charge in [0, 0.05) is 77.3 Å². The molecule has 2 aliphatic heterocycles. The highest BCUT2D eigenvalue weighted by Crippen LogP contribution is 2.18. The third-order valence-corrected chi connectivity index (χ3v) is 14.9. The summed E-state index contributed by atoms with van der Waals surface area (Å²) in [7, 11) is 3.08.